The zero-order chi connectivity index (χ0) is 18.0. The van der Waals surface area contributed by atoms with Gasteiger partial charge < -0.3 is 9.64 Å². The van der Waals surface area contributed by atoms with E-state index < -0.39 is 0 Å². The maximum Gasteiger partial charge on any atom is 0.309 e. The largest absolute Gasteiger partial charge is 0.469 e. The van der Waals surface area contributed by atoms with Crippen LogP contribution in [0.2, 0.25) is 0 Å². The van der Waals surface area contributed by atoms with E-state index in [2.05, 4.69) is 18.7 Å². The molecule has 4 nitrogen and oxygen atoms in total. The fourth-order valence-corrected chi connectivity index (χ4v) is 7.68. The van der Waals surface area contributed by atoms with Crippen LogP contribution in [0.1, 0.15) is 65.2 Å². The normalized spacial score (nSPS) is 49.2. The van der Waals surface area contributed by atoms with E-state index in [0.29, 0.717) is 30.2 Å². The highest BCUT2D eigenvalue weighted by Crippen LogP contribution is 2.66. The van der Waals surface area contributed by atoms with Gasteiger partial charge >= 0.3 is 5.97 Å². The summed E-state index contributed by atoms with van der Waals surface area (Å²) in [6.45, 7) is 4.81. The standard InChI is InChI=1S/C21H33NO3/c1-20-11-9-15-13(14(20)6-7-16(20)19(24)25-4)5-8-17-21(15,2)12-10-18(23)22(17)3/h13-17H,5-12H2,1-4H3/t13?,14?,15?,16-,17?,20?,21?/m1/s1. The van der Waals surface area contributed by atoms with Crippen LogP contribution in [0.3, 0.4) is 0 Å². The second kappa shape index (κ2) is 5.72. The molecule has 3 saturated carbocycles. The Morgan fingerprint density at radius 3 is 2.48 bits per heavy atom. The predicted molar refractivity (Wildman–Crippen MR) is 95.7 cm³/mol. The Balaban J connectivity index is 1.62. The molecular weight excluding hydrogens is 314 g/mol. The lowest BCUT2D eigenvalue weighted by molar-refractivity contribution is -0.164. The van der Waals surface area contributed by atoms with Crippen LogP contribution < -0.4 is 0 Å². The number of esters is 1. The molecule has 0 bridgehead atoms. The van der Waals surface area contributed by atoms with E-state index in [9.17, 15) is 9.59 Å². The van der Waals surface area contributed by atoms with Gasteiger partial charge in [0.2, 0.25) is 5.91 Å². The van der Waals surface area contributed by atoms with E-state index in [1.807, 2.05) is 7.05 Å². The number of piperidine rings is 1. The van der Waals surface area contributed by atoms with Crippen LogP contribution in [-0.4, -0.2) is 37.0 Å². The summed E-state index contributed by atoms with van der Waals surface area (Å²) in [6.07, 6.45) is 8.62. The van der Waals surface area contributed by atoms with Crippen molar-refractivity contribution in [2.45, 2.75) is 71.3 Å². The van der Waals surface area contributed by atoms with Crippen LogP contribution in [0, 0.1) is 34.5 Å². The molecule has 0 radical (unpaired) electrons. The number of amides is 1. The highest BCUT2D eigenvalue weighted by atomic mass is 16.5. The van der Waals surface area contributed by atoms with E-state index in [-0.39, 0.29) is 22.7 Å². The summed E-state index contributed by atoms with van der Waals surface area (Å²) in [4.78, 5) is 26.6. The molecule has 0 spiro atoms. The maximum absolute atomic E-state index is 12.3. The molecular formula is C21H33NO3. The van der Waals surface area contributed by atoms with Gasteiger partial charge in [-0.2, -0.15) is 0 Å². The maximum atomic E-state index is 12.3. The zero-order valence-corrected chi connectivity index (χ0v) is 16.2. The summed E-state index contributed by atoms with van der Waals surface area (Å²) in [5.41, 5.74) is 0.379. The average Bonchev–Trinajstić information content (AvgIpc) is 2.95. The van der Waals surface area contributed by atoms with Gasteiger partial charge in [0.1, 0.15) is 0 Å². The Bertz CT molecular complexity index is 590. The Morgan fingerprint density at radius 1 is 1.04 bits per heavy atom. The van der Waals surface area contributed by atoms with Crippen molar-refractivity contribution in [2.24, 2.45) is 34.5 Å². The van der Waals surface area contributed by atoms with Crippen LogP contribution in [0.15, 0.2) is 0 Å². The molecule has 1 heterocycles. The van der Waals surface area contributed by atoms with Crippen LogP contribution in [0.5, 0.6) is 0 Å². The topological polar surface area (TPSA) is 46.6 Å². The number of likely N-dealkylation sites (tertiary alicyclic amines) is 1. The Kier molecular flexibility index (Phi) is 3.97. The van der Waals surface area contributed by atoms with Gasteiger partial charge in [-0.15, -0.1) is 0 Å². The van der Waals surface area contributed by atoms with Crippen molar-refractivity contribution in [1.82, 2.24) is 4.90 Å². The summed E-state index contributed by atoms with van der Waals surface area (Å²) in [5.74, 6) is 2.49. The molecule has 7 atom stereocenters. The van der Waals surface area contributed by atoms with Crippen molar-refractivity contribution < 1.29 is 14.3 Å². The highest BCUT2D eigenvalue weighted by molar-refractivity contribution is 5.77. The third-order valence-electron chi connectivity index (χ3n) is 9.04. The van der Waals surface area contributed by atoms with Gasteiger partial charge in [0.15, 0.2) is 0 Å². The molecule has 0 N–H and O–H groups in total. The van der Waals surface area contributed by atoms with Crippen LogP contribution in [0.25, 0.3) is 0 Å². The average molecular weight is 347 g/mol. The molecule has 0 aromatic rings. The smallest absolute Gasteiger partial charge is 0.309 e. The van der Waals surface area contributed by atoms with E-state index >= 15 is 0 Å². The van der Waals surface area contributed by atoms with Crippen LogP contribution >= 0.6 is 0 Å². The quantitative estimate of drug-likeness (QED) is 0.680. The van der Waals surface area contributed by atoms with Gasteiger partial charge in [-0.05, 0) is 73.5 Å². The monoisotopic (exact) mass is 347 g/mol. The number of hydrogen-bond acceptors (Lipinski definition) is 3. The Hall–Kier alpha value is -1.06. The predicted octanol–water partition coefficient (Wildman–Crippen LogP) is 3.64. The number of carbonyl (C=O) groups is 2. The van der Waals surface area contributed by atoms with Crippen molar-refractivity contribution in [1.29, 1.82) is 0 Å². The number of methoxy groups -OCH3 is 1. The molecule has 6 unspecified atom stereocenters. The first kappa shape index (κ1) is 17.4. The van der Waals surface area contributed by atoms with Gasteiger partial charge in [-0.3, -0.25) is 9.59 Å². The number of carbonyl (C=O) groups excluding carboxylic acids is 2. The van der Waals surface area contributed by atoms with E-state index in [0.717, 1.165) is 31.6 Å². The lowest BCUT2D eigenvalue weighted by Crippen LogP contribution is -2.61. The van der Waals surface area contributed by atoms with E-state index in [1.54, 1.807) is 0 Å². The van der Waals surface area contributed by atoms with Gasteiger partial charge in [-0.25, -0.2) is 0 Å². The first-order valence-corrected chi connectivity index (χ1v) is 10.2. The van der Waals surface area contributed by atoms with Crippen molar-refractivity contribution in [3.8, 4) is 0 Å². The van der Waals surface area contributed by atoms with Crippen molar-refractivity contribution in [3.63, 3.8) is 0 Å². The molecule has 4 aliphatic rings. The molecule has 25 heavy (non-hydrogen) atoms. The Labute approximate surface area is 151 Å². The van der Waals surface area contributed by atoms with Gasteiger partial charge in [0, 0.05) is 19.5 Å². The fraction of sp³-hybridized carbons (Fsp3) is 0.905. The number of ether oxygens (including phenoxy) is 1. The summed E-state index contributed by atoms with van der Waals surface area (Å²) in [6, 6.07) is 0.414. The molecule has 0 aromatic carbocycles. The first-order chi connectivity index (χ1) is 11.8. The van der Waals surface area contributed by atoms with Crippen molar-refractivity contribution in [3.05, 3.63) is 0 Å². The van der Waals surface area contributed by atoms with Gasteiger partial charge in [0.25, 0.3) is 0 Å². The number of rotatable bonds is 1. The Morgan fingerprint density at radius 2 is 1.76 bits per heavy atom. The number of fused-ring (bicyclic) bond motifs is 5. The minimum absolute atomic E-state index is 0.00587. The second-order valence-corrected chi connectivity index (χ2v) is 9.68. The third-order valence-corrected chi connectivity index (χ3v) is 9.04. The zero-order valence-electron chi connectivity index (χ0n) is 16.2. The molecule has 4 rings (SSSR count). The molecule has 140 valence electrons. The van der Waals surface area contributed by atoms with Crippen LogP contribution in [-0.2, 0) is 14.3 Å². The van der Waals surface area contributed by atoms with Crippen molar-refractivity contribution >= 4 is 11.9 Å². The minimum atomic E-state index is 0.00587. The SMILES string of the molecule is COC(=O)[C@H]1CCC2C3CCC4N(C)C(=O)CCC4(C)C3CCC21C. The van der Waals surface area contributed by atoms with Gasteiger partial charge in [0.05, 0.1) is 13.0 Å². The summed E-state index contributed by atoms with van der Waals surface area (Å²) in [7, 11) is 3.55. The summed E-state index contributed by atoms with van der Waals surface area (Å²) in [5, 5.41) is 0. The molecule has 4 fully saturated rings. The number of nitrogens with zero attached hydrogens (tertiary/aromatic N) is 1. The number of hydrogen-bond donors (Lipinski definition) is 0. The molecule has 1 amide bonds. The molecule has 0 aromatic heterocycles. The fourth-order valence-electron chi connectivity index (χ4n) is 7.68. The molecule has 1 saturated heterocycles. The lowest BCUT2D eigenvalue weighted by Gasteiger charge is -2.61. The van der Waals surface area contributed by atoms with E-state index in [4.69, 9.17) is 4.74 Å². The van der Waals surface area contributed by atoms with E-state index in [1.165, 1.54) is 26.4 Å². The second-order valence-electron chi connectivity index (χ2n) is 9.68. The van der Waals surface area contributed by atoms with Gasteiger partial charge in [-0.1, -0.05) is 13.8 Å². The van der Waals surface area contributed by atoms with Crippen molar-refractivity contribution in [2.75, 3.05) is 14.2 Å². The van der Waals surface area contributed by atoms with Crippen LogP contribution in [0.4, 0.5) is 0 Å². The summed E-state index contributed by atoms with van der Waals surface area (Å²) >= 11 is 0. The third kappa shape index (κ3) is 2.24. The molecule has 3 aliphatic carbocycles. The first-order valence-electron chi connectivity index (χ1n) is 10.2. The molecule has 1 aliphatic heterocycles. The summed E-state index contributed by atoms with van der Waals surface area (Å²) < 4.78 is 5.13. The lowest BCUT2D eigenvalue weighted by atomic mass is 9.47. The molecule has 4 heteroatoms. The highest BCUT2D eigenvalue weighted by Gasteiger charge is 2.62. The minimum Gasteiger partial charge on any atom is -0.469 e.